The molecule has 0 saturated carbocycles. The van der Waals surface area contributed by atoms with Crippen molar-refractivity contribution in [1.29, 1.82) is 0 Å². The van der Waals surface area contributed by atoms with Crippen molar-refractivity contribution in [1.82, 2.24) is 15.1 Å². The zero-order chi connectivity index (χ0) is 19.6. The number of nitrogens with zero attached hydrogens (tertiary/aromatic N) is 2. The van der Waals surface area contributed by atoms with Gasteiger partial charge in [-0.05, 0) is 50.9 Å². The summed E-state index contributed by atoms with van der Waals surface area (Å²) in [6.45, 7) is 4.84. The Balaban J connectivity index is 1.30. The van der Waals surface area contributed by atoms with E-state index in [1.807, 2.05) is 30.3 Å². The summed E-state index contributed by atoms with van der Waals surface area (Å²) < 4.78 is 5.58. The molecule has 2 saturated heterocycles. The Kier molecular flexibility index (Phi) is 8.15. The van der Waals surface area contributed by atoms with E-state index in [-0.39, 0.29) is 11.8 Å². The van der Waals surface area contributed by atoms with Crippen LogP contribution in [0.2, 0.25) is 0 Å². The standard InChI is InChI=1S/C22H33N3O3/c26-21(23-12-17-28-20-8-4-3-5-9-20)18-24-15-10-19(11-16-24)22(27)25-13-6-1-2-7-14-25/h3-5,8-9,19H,1-2,6-7,10-18H2,(H,23,26). The molecule has 2 aliphatic heterocycles. The maximum atomic E-state index is 12.7. The maximum Gasteiger partial charge on any atom is 0.234 e. The fourth-order valence-electron chi connectivity index (χ4n) is 4.02. The van der Waals surface area contributed by atoms with E-state index < -0.39 is 0 Å². The lowest BCUT2D eigenvalue weighted by Gasteiger charge is -2.33. The highest BCUT2D eigenvalue weighted by atomic mass is 16.5. The molecule has 3 rings (SSSR count). The molecule has 2 heterocycles. The number of amides is 2. The van der Waals surface area contributed by atoms with E-state index in [9.17, 15) is 9.59 Å². The van der Waals surface area contributed by atoms with E-state index in [1.165, 1.54) is 12.8 Å². The molecule has 1 N–H and O–H groups in total. The molecule has 0 atom stereocenters. The summed E-state index contributed by atoms with van der Waals surface area (Å²) in [5.74, 6) is 1.31. The molecular formula is C22H33N3O3. The van der Waals surface area contributed by atoms with Crippen LogP contribution in [0, 0.1) is 5.92 Å². The number of nitrogens with one attached hydrogen (secondary N) is 1. The van der Waals surface area contributed by atoms with Crippen molar-refractivity contribution in [2.45, 2.75) is 38.5 Å². The number of para-hydroxylation sites is 1. The maximum absolute atomic E-state index is 12.7. The highest BCUT2D eigenvalue weighted by Crippen LogP contribution is 2.21. The monoisotopic (exact) mass is 387 g/mol. The smallest absolute Gasteiger partial charge is 0.234 e. The van der Waals surface area contributed by atoms with Crippen LogP contribution in [0.25, 0.3) is 0 Å². The van der Waals surface area contributed by atoms with Gasteiger partial charge in [-0.1, -0.05) is 31.0 Å². The van der Waals surface area contributed by atoms with Gasteiger partial charge in [0.25, 0.3) is 0 Å². The Morgan fingerprint density at radius 1 is 0.964 bits per heavy atom. The first-order chi connectivity index (χ1) is 13.7. The summed E-state index contributed by atoms with van der Waals surface area (Å²) in [6.07, 6.45) is 6.48. The molecule has 28 heavy (non-hydrogen) atoms. The van der Waals surface area contributed by atoms with Gasteiger partial charge in [0.2, 0.25) is 11.8 Å². The van der Waals surface area contributed by atoms with Crippen LogP contribution in [0.4, 0.5) is 0 Å². The van der Waals surface area contributed by atoms with Crippen molar-refractivity contribution in [3.05, 3.63) is 30.3 Å². The predicted octanol–water partition coefficient (Wildman–Crippen LogP) is 2.30. The van der Waals surface area contributed by atoms with Gasteiger partial charge in [-0.25, -0.2) is 0 Å². The number of carbonyl (C=O) groups is 2. The minimum Gasteiger partial charge on any atom is -0.492 e. The first kappa shape index (κ1) is 20.6. The SMILES string of the molecule is O=C(CN1CCC(C(=O)N2CCCCCC2)CC1)NCCOc1ccccc1. The van der Waals surface area contributed by atoms with Crippen LogP contribution >= 0.6 is 0 Å². The Morgan fingerprint density at radius 2 is 1.64 bits per heavy atom. The second-order valence-electron chi connectivity index (χ2n) is 7.80. The van der Waals surface area contributed by atoms with Crippen LogP contribution < -0.4 is 10.1 Å². The third kappa shape index (κ3) is 6.51. The molecule has 154 valence electrons. The molecule has 6 heteroatoms. The van der Waals surface area contributed by atoms with Gasteiger partial charge in [-0.15, -0.1) is 0 Å². The van der Waals surface area contributed by atoms with Crippen LogP contribution in [0.5, 0.6) is 5.75 Å². The number of rotatable bonds is 7. The van der Waals surface area contributed by atoms with Gasteiger partial charge < -0.3 is 15.0 Å². The molecule has 0 aromatic heterocycles. The molecule has 0 bridgehead atoms. The third-order valence-corrected chi connectivity index (χ3v) is 5.66. The molecule has 2 amide bonds. The molecule has 2 aliphatic rings. The summed E-state index contributed by atoms with van der Waals surface area (Å²) in [6, 6.07) is 9.60. The lowest BCUT2D eigenvalue weighted by molar-refractivity contribution is -0.137. The average molecular weight is 388 g/mol. The lowest BCUT2D eigenvalue weighted by atomic mass is 9.95. The van der Waals surface area contributed by atoms with E-state index in [0.717, 1.165) is 57.6 Å². The molecule has 0 spiro atoms. The number of carbonyl (C=O) groups excluding carboxylic acids is 2. The minimum atomic E-state index is 0.0222. The first-order valence-corrected chi connectivity index (χ1v) is 10.7. The van der Waals surface area contributed by atoms with Gasteiger partial charge in [0.05, 0.1) is 13.1 Å². The Hall–Kier alpha value is -2.08. The van der Waals surface area contributed by atoms with Gasteiger partial charge in [0.15, 0.2) is 0 Å². The van der Waals surface area contributed by atoms with Crippen molar-refractivity contribution < 1.29 is 14.3 Å². The Morgan fingerprint density at radius 3 is 2.32 bits per heavy atom. The molecular weight excluding hydrogens is 354 g/mol. The molecule has 1 aromatic carbocycles. The Bertz CT molecular complexity index is 607. The predicted molar refractivity (Wildman–Crippen MR) is 109 cm³/mol. The molecule has 2 fully saturated rings. The van der Waals surface area contributed by atoms with Crippen LogP contribution in [-0.2, 0) is 9.59 Å². The Labute approximate surface area is 168 Å². The van der Waals surface area contributed by atoms with Crippen LogP contribution in [-0.4, -0.2) is 67.5 Å². The van der Waals surface area contributed by atoms with Gasteiger partial charge in [-0.3, -0.25) is 14.5 Å². The summed E-state index contributed by atoms with van der Waals surface area (Å²) >= 11 is 0. The van der Waals surface area contributed by atoms with Gasteiger partial charge in [0, 0.05) is 19.0 Å². The normalized spacial score (nSPS) is 19.1. The van der Waals surface area contributed by atoms with E-state index in [2.05, 4.69) is 15.1 Å². The highest BCUT2D eigenvalue weighted by Gasteiger charge is 2.29. The number of hydrogen-bond donors (Lipinski definition) is 1. The largest absolute Gasteiger partial charge is 0.492 e. The summed E-state index contributed by atoms with van der Waals surface area (Å²) in [5, 5.41) is 2.91. The van der Waals surface area contributed by atoms with Crippen molar-refractivity contribution >= 4 is 11.8 Å². The molecule has 6 nitrogen and oxygen atoms in total. The van der Waals surface area contributed by atoms with Crippen LogP contribution in [0.1, 0.15) is 38.5 Å². The van der Waals surface area contributed by atoms with Crippen LogP contribution in [0.3, 0.4) is 0 Å². The fourth-order valence-corrected chi connectivity index (χ4v) is 4.02. The van der Waals surface area contributed by atoms with Crippen molar-refractivity contribution in [2.75, 3.05) is 45.9 Å². The minimum absolute atomic E-state index is 0.0222. The number of benzene rings is 1. The first-order valence-electron chi connectivity index (χ1n) is 10.7. The highest BCUT2D eigenvalue weighted by molar-refractivity contribution is 5.79. The van der Waals surface area contributed by atoms with E-state index >= 15 is 0 Å². The van der Waals surface area contributed by atoms with Gasteiger partial charge in [-0.2, -0.15) is 0 Å². The zero-order valence-electron chi connectivity index (χ0n) is 16.8. The second kappa shape index (κ2) is 11.1. The van der Waals surface area contributed by atoms with E-state index in [1.54, 1.807) is 0 Å². The van der Waals surface area contributed by atoms with Gasteiger partial charge in [0.1, 0.15) is 12.4 Å². The number of ether oxygens (including phenoxy) is 1. The van der Waals surface area contributed by atoms with Crippen molar-refractivity contribution in [3.8, 4) is 5.75 Å². The topological polar surface area (TPSA) is 61.9 Å². The quantitative estimate of drug-likeness (QED) is 0.730. The van der Waals surface area contributed by atoms with E-state index in [0.29, 0.717) is 25.6 Å². The molecule has 0 unspecified atom stereocenters. The third-order valence-electron chi connectivity index (χ3n) is 5.66. The zero-order valence-corrected chi connectivity index (χ0v) is 16.8. The lowest BCUT2D eigenvalue weighted by Crippen LogP contribution is -2.46. The average Bonchev–Trinajstić information content (AvgIpc) is 3.02. The summed E-state index contributed by atoms with van der Waals surface area (Å²) in [7, 11) is 0. The molecule has 1 aromatic rings. The van der Waals surface area contributed by atoms with Crippen LogP contribution in [0.15, 0.2) is 30.3 Å². The fraction of sp³-hybridized carbons (Fsp3) is 0.636. The number of likely N-dealkylation sites (tertiary alicyclic amines) is 2. The van der Waals surface area contributed by atoms with E-state index in [4.69, 9.17) is 4.74 Å². The second-order valence-corrected chi connectivity index (χ2v) is 7.80. The molecule has 0 aliphatic carbocycles. The summed E-state index contributed by atoms with van der Waals surface area (Å²) in [5.41, 5.74) is 0. The van der Waals surface area contributed by atoms with Crippen molar-refractivity contribution in [3.63, 3.8) is 0 Å². The number of piperidine rings is 1. The van der Waals surface area contributed by atoms with Crippen molar-refractivity contribution in [2.24, 2.45) is 5.92 Å². The number of hydrogen-bond acceptors (Lipinski definition) is 4. The van der Waals surface area contributed by atoms with Gasteiger partial charge >= 0.3 is 0 Å². The summed E-state index contributed by atoms with van der Waals surface area (Å²) in [4.78, 5) is 29.1. The molecule has 0 radical (unpaired) electrons.